The van der Waals surface area contributed by atoms with E-state index in [0.717, 1.165) is 29.7 Å². The molecule has 0 radical (unpaired) electrons. The first-order chi connectivity index (χ1) is 8.65. The van der Waals surface area contributed by atoms with Crippen LogP contribution in [0.2, 0.25) is 0 Å². The summed E-state index contributed by atoms with van der Waals surface area (Å²) in [4.78, 5) is 10.2. The Morgan fingerprint density at radius 1 is 1.56 bits per heavy atom. The fourth-order valence-corrected chi connectivity index (χ4v) is 2.72. The maximum absolute atomic E-state index is 10.6. The van der Waals surface area contributed by atoms with Crippen molar-refractivity contribution in [3.63, 3.8) is 0 Å². The molecule has 1 aromatic heterocycles. The van der Waals surface area contributed by atoms with Crippen LogP contribution in [0.25, 0.3) is 0 Å². The molecule has 2 N–H and O–H groups in total. The monoisotopic (exact) mass is 272 g/mol. The Labute approximate surface area is 109 Å². The van der Waals surface area contributed by atoms with E-state index in [1.165, 1.54) is 0 Å². The van der Waals surface area contributed by atoms with Crippen LogP contribution in [-0.2, 0) is 11.3 Å². The smallest absolute Gasteiger partial charge is 0.324 e. The van der Waals surface area contributed by atoms with E-state index < -0.39 is 0 Å². The third-order valence-electron chi connectivity index (χ3n) is 3.24. The summed E-state index contributed by atoms with van der Waals surface area (Å²) >= 11 is 1.12. The van der Waals surface area contributed by atoms with Crippen LogP contribution >= 0.6 is 11.3 Å². The van der Waals surface area contributed by atoms with Crippen LogP contribution in [0, 0.1) is 10.1 Å². The van der Waals surface area contributed by atoms with E-state index in [2.05, 4.69) is 5.32 Å². The summed E-state index contributed by atoms with van der Waals surface area (Å²) in [6.07, 6.45) is 1.52. The summed E-state index contributed by atoms with van der Waals surface area (Å²) in [6.45, 7) is 1.86. The van der Waals surface area contributed by atoms with Crippen molar-refractivity contribution in [3.05, 3.63) is 27.1 Å². The molecular weight excluding hydrogens is 256 g/mol. The number of thiophene rings is 1. The topological polar surface area (TPSA) is 84.6 Å². The van der Waals surface area contributed by atoms with Crippen molar-refractivity contribution < 1.29 is 14.8 Å². The van der Waals surface area contributed by atoms with Gasteiger partial charge in [0.15, 0.2) is 0 Å². The molecule has 0 saturated carbocycles. The van der Waals surface area contributed by atoms with E-state index in [0.29, 0.717) is 19.8 Å². The van der Waals surface area contributed by atoms with E-state index in [1.54, 1.807) is 11.4 Å². The first-order valence-corrected chi connectivity index (χ1v) is 6.69. The van der Waals surface area contributed by atoms with Crippen molar-refractivity contribution in [1.82, 2.24) is 5.32 Å². The fraction of sp³-hybridized carbons (Fsp3) is 0.636. The molecule has 1 aromatic rings. The van der Waals surface area contributed by atoms with Gasteiger partial charge in [0.25, 0.3) is 0 Å². The van der Waals surface area contributed by atoms with E-state index in [1.807, 2.05) is 0 Å². The molecule has 1 aliphatic heterocycles. The molecule has 0 spiro atoms. The Kier molecular flexibility index (Phi) is 4.28. The fourth-order valence-electron chi connectivity index (χ4n) is 1.99. The number of rotatable bonds is 5. The van der Waals surface area contributed by atoms with E-state index in [4.69, 9.17) is 4.74 Å². The maximum Gasteiger partial charge on any atom is 0.324 e. The third-order valence-corrected chi connectivity index (χ3v) is 4.17. The highest BCUT2D eigenvalue weighted by Crippen LogP contribution is 2.25. The zero-order chi connectivity index (χ0) is 13.0. The van der Waals surface area contributed by atoms with Crippen LogP contribution in [0.1, 0.15) is 18.4 Å². The Hall–Kier alpha value is -1.02. The molecule has 100 valence electrons. The summed E-state index contributed by atoms with van der Waals surface area (Å²) in [5.41, 5.74) is 0.570. The van der Waals surface area contributed by atoms with Crippen molar-refractivity contribution in [2.45, 2.75) is 24.9 Å². The molecular formula is C11H16N2O4S. The summed E-state index contributed by atoms with van der Waals surface area (Å²) in [6, 6.07) is 1.57. The number of aliphatic hydroxyl groups is 1. The number of hydrogen-bond acceptors (Lipinski definition) is 6. The Bertz CT molecular complexity index is 415. The lowest BCUT2D eigenvalue weighted by Gasteiger charge is -2.36. The van der Waals surface area contributed by atoms with Crippen molar-refractivity contribution in [1.29, 1.82) is 0 Å². The number of nitro groups is 1. The van der Waals surface area contributed by atoms with Crippen LogP contribution in [0.4, 0.5) is 5.00 Å². The van der Waals surface area contributed by atoms with E-state index in [-0.39, 0.29) is 22.1 Å². The van der Waals surface area contributed by atoms with Crippen molar-refractivity contribution in [3.8, 4) is 0 Å². The Morgan fingerprint density at radius 2 is 2.28 bits per heavy atom. The first-order valence-electron chi connectivity index (χ1n) is 5.81. The first kappa shape index (κ1) is 13.4. The van der Waals surface area contributed by atoms with Gasteiger partial charge in [-0.05, 0) is 18.4 Å². The quantitative estimate of drug-likeness (QED) is 0.623. The number of nitrogens with one attached hydrogen (secondary N) is 1. The van der Waals surface area contributed by atoms with Gasteiger partial charge in [-0.25, -0.2) is 0 Å². The molecule has 1 fully saturated rings. The molecule has 2 rings (SSSR count). The average Bonchev–Trinajstić information content (AvgIpc) is 2.87. The minimum absolute atomic E-state index is 0.0581. The second-order valence-corrected chi connectivity index (χ2v) is 5.34. The highest BCUT2D eigenvalue weighted by atomic mass is 32.1. The molecule has 6 nitrogen and oxygen atoms in total. The zero-order valence-electron chi connectivity index (χ0n) is 9.92. The number of ether oxygens (including phenoxy) is 1. The van der Waals surface area contributed by atoms with Gasteiger partial charge in [-0.15, -0.1) is 0 Å². The van der Waals surface area contributed by atoms with Crippen LogP contribution in [0.15, 0.2) is 11.4 Å². The zero-order valence-corrected chi connectivity index (χ0v) is 10.7. The Morgan fingerprint density at radius 3 is 2.83 bits per heavy atom. The lowest BCUT2D eigenvalue weighted by atomic mass is 9.91. The molecule has 0 atom stereocenters. The summed E-state index contributed by atoms with van der Waals surface area (Å²) in [5, 5.41) is 25.3. The molecule has 18 heavy (non-hydrogen) atoms. The predicted molar refractivity (Wildman–Crippen MR) is 67.7 cm³/mol. The molecule has 0 unspecified atom stereocenters. The van der Waals surface area contributed by atoms with Gasteiger partial charge in [-0.3, -0.25) is 10.1 Å². The van der Waals surface area contributed by atoms with Gasteiger partial charge in [0.1, 0.15) is 0 Å². The van der Waals surface area contributed by atoms with Gasteiger partial charge in [0.05, 0.1) is 11.5 Å². The summed E-state index contributed by atoms with van der Waals surface area (Å²) in [7, 11) is 0. The lowest BCUT2D eigenvalue weighted by Crippen LogP contribution is -2.51. The lowest BCUT2D eigenvalue weighted by molar-refractivity contribution is -0.380. The van der Waals surface area contributed by atoms with Crippen LogP contribution in [0.3, 0.4) is 0 Å². The standard InChI is InChI=1S/C11H16N2O4S/c14-8-11(1-3-17-4-2-11)12-6-9-5-10(13(15)16)18-7-9/h5,7,12,14H,1-4,6,8H2. The van der Waals surface area contributed by atoms with Gasteiger partial charge in [-0.1, -0.05) is 11.3 Å². The molecule has 0 aromatic carbocycles. The SMILES string of the molecule is O=[N+]([O-])c1cc(CNC2(CO)CCOCC2)cs1. The predicted octanol–water partition coefficient (Wildman–Crippen LogP) is 1.29. The van der Waals surface area contributed by atoms with Crippen molar-refractivity contribution >= 4 is 16.3 Å². The van der Waals surface area contributed by atoms with E-state index >= 15 is 0 Å². The molecule has 2 heterocycles. The molecule has 1 saturated heterocycles. The number of hydrogen-bond donors (Lipinski definition) is 2. The van der Waals surface area contributed by atoms with E-state index in [9.17, 15) is 15.2 Å². The van der Waals surface area contributed by atoms with Gasteiger partial charge in [0.2, 0.25) is 0 Å². The maximum atomic E-state index is 10.6. The average molecular weight is 272 g/mol. The molecule has 0 bridgehead atoms. The number of aliphatic hydroxyl groups excluding tert-OH is 1. The van der Waals surface area contributed by atoms with Crippen LogP contribution in [0.5, 0.6) is 0 Å². The molecule has 1 aliphatic rings. The third kappa shape index (κ3) is 3.05. The second-order valence-electron chi connectivity index (χ2n) is 4.45. The molecule has 7 heteroatoms. The highest BCUT2D eigenvalue weighted by molar-refractivity contribution is 7.13. The van der Waals surface area contributed by atoms with Gasteiger partial charge in [0, 0.05) is 36.7 Å². The van der Waals surface area contributed by atoms with Crippen LogP contribution < -0.4 is 5.32 Å². The molecule has 0 amide bonds. The van der Waals surface area contributed by atoms with Gasteiger partial charge in [-0.2, -0.15) is 0 Å². The van der Waals surface area contributed by atoms with Gasteiger partial charge < -0.3 is 15.2 Å². The second kappa shape index (κ2) is 5.75. The number of nitrogens with zero attached hydrogens (tertiary/aromatic N) is 1. The minimum Gasteiger partial charge on any atom is -0.394 e. The van der Waals surface area contributed by atoms with Crippen molar-refractivity contribution in [2.24, 2.45) is 0 Å². The van der Waals surface area contributed by atoms with Crippen molar-refractivity contribution in [2.75, 3.05) is 19.8 Å². The largest absolute Gasteiger partial charge is 0.394 e. The minimum atomic E-state index is -0.384. The van der Waals surface area contributed by atoms with Gasteiger partial charge >= 0.3 is 5.00 Å². The summed E-state index contributed by atoms with van der Waals surface area (Å²) in [5.74, 6) is 0. The van der Waals surface area contributed by atoms with Crippen LogP contribution in [-0.4, -0.2) is 35.4 Å². The highest BCUT2D eigenvalue weighted by Gasteiger charge is 2.31. The normalized spacial score (nSPS) is 18.7. The molecule has 0 aliphatic carbocycles. The Balaban J connectivity index is 1.94. The summed E-state index contributed by atoms with van der Waals surface area (Å²) < 4.78 is 5.28.